The first-order valence-electron chi connectivity index (χ1n) is 11.4. The maximum absolute atomic E-state index is 13.6. The van der Waals surface area contributed by atoms with Crippen molar-refractivity contribution in [2.45, 2.75) is 19.5 Å². The minimum Gasteiger partial charge on any atom is -0.333 e. The number of rotatable bonds is 5. The first-order chi connectivity index (χ1) is 17.4. The molecule has 1 amide bonds. The van der Waals surface area contributed by atoms with E-state index in [0.29, 0.717) is 46.8 Å². The normalized spacial score (nSPS) is 13.9. The molecule has 0 radical (unpaired) electrons. The first kappa shape index (κ1) is 24.8. The van der Waals surface area contributed by atoms with Gasteiger partial charge in [-0.2, -0.15) is 0 Å². The highest BCUT2D eigenvalue weighted by atomic mass is 35.5. The molecular weight excluding hydrogens is 522 g/mol. The summed E-state index contributed by atoms with van der Waals surface area (Å²) in [5.74, 6) is -0.361. The molecule has 0 fully saturated rings. The van der Waals surface area contributed by atoms with Gasteiger partial charge < -0.3 is 5.32 Å². The highest BCUT2D eigenvalue weighted by Crippen LogP contribution is 2.32. The van der Waals surface area contributed by atoms with Crippen molar-refractivity contribution in [2.75, 3.05) is 13.1 Å². The Kier molecular flexibility index (Phi) is 7.30. The van der Waals surface area contributed by atoms with Crippen LogP contribution in [-0.2, 0) is 19.5 Å². The van der Waals surface area contributed by atoms with E-state index in [-0.39, 0.29) is 11.8 Å². The highest BCUT2D eigenvalue weighted by molar-refractivity contribution is 6.31. The van der Waals surface area contributed by atoms with Crippen molar-refractivity contribution in [1.82, 2.24) is 19.8 Å². The summed E-state index contributed by atoms with van der Waals surface area (Å²) in [6.07, 6.45) is 6.18. The molecule has 36 heavy (non-hydrogen) atoms. The number of benzene rings is 2. The third-order valence-corrected chi connectivity index (χ3v) is 6.85. The van der Waals surface area contributed by atoms with Crippen LogP contribution in [0.25, 0.3) is 17.0 Å². The molecule has 0 bridgehead atoms. The lowest BCUT2D eigenvalue weighted by molar-refractivity contribution is 0.240. The van der Waals surface area contributed by atoms with E-state index in [0.717, 1.165) is 34.3 Å². The molecular formula is C27H22Cl3FN4O. The van der Waals surface area contributed by atoms with Crippen LogP contribution in [0.15, 0.2) is 60.8 Å². The third-order valence-electron chi connectivity index (χ3n) is 6.19. The molecule has 184 valence electrons. The van der Waals surface area contributed by atoms with Gasteiger partial charge in [0.05, 0.1) is 5.52 Å². The molecule has 1 aliphatic rings. The van der Waals surface area contributed by atoms with E-state index in [1.54, 1.807) is 29.0 Å². The van der Waals surface area contributed by atoms with Crippen molar-refractivity contribution in [3.63, 3.8) is 0 Å². The Bertz CT molecular complexity index is 1460. The number of nitrogens with one attached hydrogen (secondary N) is 1. The van der Waals surface area contributed by atoms with Gasteiger partial charge in [-0.25, -0.2) is 14.2 Å². The zero-order valence-corrected chi connectivity index (χ0v) is 21.4. The van der Waals surface area contributed by atoms with Gasteiger partial charge in [-0.1, -0.05) is 47.0 Å². The highest BCUT2D eigenvalue weighted by Gasteiger charge is 2.26. The van der Waals surface area contributed by atoms with Crippen LogP contribution in [0.5, 0.6) is 0 Å². The van der Waals surface area contributed by atoms with E-state index < -0.39 is 0 Å². The standard InChI is InChI=1S/C27H22Cl3FN4O/c28-19-3-4-24-22(14-19)23-16-34(8-1-2-17-10-20(29)13-21(31)11-17)9-6-25(23)35(24)27(36)33-15-18-5-7-32-26(30)12-18/h1-5,7,10-14H,6,8-9,15-16H2,(H,33,36). The quantitative estimate of drug-likeness (QED) is 0.277. The van der Waals surface area contributed by atoms with Gasteiger partial charge in [-0.05, 0) is 65.2 Å². The van der Waals surface area contributed by atoms with Crippen LogP contribution in [0.3, 0.4) is 0 Å². The monoisotopic (exact) mass is 542 g/mol. The van der Waals surface area contributed by atoms with E-state index >= 15 is 0 Å². The van der Waals surface area contributed by atoms with Crippen LogP contribution in [-0.4, -0.2) is 33.6 Å². The Morgan fingerprint density at radius 1 is 1.08 bits per heavy atom. The molecule has 9 heteroatoms. The summed E-state index contributed by atoms with van der Waals surface area (Å²) in [5, 5.41) is 5.33. The van der Waals surface area contributed by atoms with Crippen LogP contribution in [0.1, 0.15) is 22.4 Å². The van der Waals surface area contributed by atoms with Gasteiger partial charge in [0.2, 0.25) is 0 Å². The molecule has 2 aromatic carbocycles. The Hall–Kier alpha value is -2.90. The number of carbonyl (C=O) groups excluding carboxylic acids is 1. The lowest BCUT2D eigenvalue weighted by atomic mass is 10.0. The average molecular weight is 544 g/mol. The summed E-state index contributed by atoms with van der Waals surface area (Å²) < 4.78 is 15.4. The van der Waals surface area contributed by atoms with E-state index in [9.17, 15) is 9.18 Å². The smallest absolute Gasteiger partial charge is 0.326 e. The van der Waals surface area contributed by atoms with E-state index in [1.807, 2.05) is 30.4 Å². The summed E-state index contributed by atoms with van der Waals surface area (Å²) in [4.78, 5) is 19.6. The SMILES string of the molecule is O=C(NCc1ccnc(Cl)c1)n1c2c(c3cc(Cl)ccc31)CN(CC=Cc1cc(F)cc(Cl)c1)CC2. The maximum Gasteiger partial charge on any atom is 0.326 e. The van der Waals surface area contributed by atoms with Gasteiger partial charge in [0, 0.05) is 59.9 Å². The second-order valence-electron chi connectivity index (χ2n) is 8.66. The first-order valence-corrected chi connectivity index (χ1v) is 12.6. The lowest BCUT2D eigenvalue weighted by Gasteiger charge is -2.27. The van der Waals surface area contributed by atoms with Crippen molar-refractivity contribution in [1.29, 1.82) is 0 Å². The summed E-state index contributed by atoms with van der Waals surface area (Å²) >= 11 is 18.3. The van der Waals surface area contributed by atoms with E-state index in [4.69, 9.17) is 34.8 Å². The van der Waals surface area contributed by atoms with Crippen LogP contribution in [0.2, 0.25) is 15.2 Å². The van der Waals surface area contributed by atoms with Crippen molar-refractivity contribution in [3.8, 4) is 0 Å². The van der Waals surface area contributed by atoms with Crippen LogP contribution >= 0.6 is 34.8 Å². The number of fused-ring (bicyclic) bond motifs is 3. The summed E-state index contributed by atoms with van der Waals surface area (Å²) in [7, 11) is 0. The topological polar surface area (TPSA) is 50.2 Å². The zero-order valence-electron chi connectivity index (χ0n) is 19.1. The summed E-state index contributed by atoms with van der Waals surface area (Å²) in [6.45, 7) is 2.46. The number of hydrogen-bond acceptors (Lipinski definition) is 3. The minimum absolute atomic E-state index is 0.201. The molecule has 0 saturated carbocycles. The molecule has 4 aromatic rings. The Morgan fingerprint density at radius 3 is 2.75 bits per heavy atom. The van der Waals surface area contributed by atoms with E-state index in [2.05, 4.69) is 15.2 Å². The molecule has 1 N–H and O–H groups in total. The number of nitrogens with zero attached hydrogens (tertiary/aromatic N) is 3. The van der Waals surface area contributed by atoms with Gasteiger partial charge in [0.25, 0.3) is 0 Å². The maximum atomic E-state index is 13.6. The van der Waals surface area contributed by atoms with Crippen molar-refractivity contribution < 1.29 is 9.18 Å². The van der Waals surface area contributed by atoms with Gasteiger partial charge >= 0.3 is 6.03 Å². The second-order valence-corrected chi connectivity index (χ2v) is 9.92. The third kappa shape index (κ3) is 5.42. The average Bonchev–Trinajstić information content (AvgIpc) is 3.15. The molecule has 0 atom stereocenters. The van der Waals surface area contributed by atoms with Gasteiger partial charge in [0.15, 0.2) is 0 Å². The number of halogens is 4. The number of pyridine rings is 1. The summed E-state index contributed by atoms with van der Waals surface area (Å²) in [6, 6.07) is 13.4. The van der Waals surface area contributed by atoms with E-state index in [1.165, 1.54) is 12.1 Å². The molecule has 0 unspecified atom stereocenters. The van der Waals surface area contributed by atoms with Crippen molar-refractivity contribution in [2.24, 2.45) is 0 Å². The fourth-order valence-corrected chi connectivity index (χ4v) is 5.19. The van der Waals surface area contributed by atoms with Crippen LogP contribution < -0.4 is 5.32 Å². The Labute approximate surface area is 223 Å². The van der Waals surface area contributed by atoms with Crippen molar-refractivity contribution in [3.05, 3.63) is 104 Å². The number of aromatic nitrogens is 2. The van der Waals surface area contributed by atoms with Gasteiger partial charge in [-0.3, -0.25) is 9.47 Å². The predicted molar refractivity (Wildman–Crippen MR) is 143 cm³/mol. The Morgan fingerprint density at radius 2 is 1.94 bits per heavy atom. The van der Waals surface area contributed by atoms with Gasteiger partial charge in [-0.15, -0.1) is 0 Å². The molecule has 5 rings (SSSR count). The van der Waals surface area contributed by atoms with Gasteiger partial charge in [0.1, 0.15) is 11.0 Å². The van der Waals surface area contributed by atoms with Crippen molar-refractivity contribution >= 4 is 57.8 Å². The second kappa shape index (κ2) is 10.6. The van der Waals surface area contributed by atoms with Crippen LogP contribution in [0.4, 0.5) is 9.18 Å². The number of carbonyl (C=O) groups is 1. The molecule has 0 aliphatic carbocycles. The molecule has 5 nitrogen and oxygen atoms in total. The number of hydrogen-bond donors (Lipinski definition) is 1. The summed E-state index contributed by atoms with van der Waals surface area (Å²) in [5.41, 5.74) is 4.47. The largest absolute Gasteiger partial charge is 0.333 e. The Balaban J connectivity index is 1.37. The molecule has 2 aromatic heterocycles. The van der Waals surface area contributed by atoms with Crippen LogP contribution in [0, 0.1) is 5.82 Å². The lowest BCUT2D eigenvalue weighted by Crippen LogP contribution is -2.34. The zero-order chi connectivity index (χ0) is 25.2. The minimum atomic E-state index is -0.361. The molecule has 0 saturated heterocycles. The predicted octanol–water partition coefficient (Wildman–Crippen LogP) is 6.97. The molecule has 3 heterocycles. The molecule has 1 aliphatic heterocycles. The fourth-order valence-electron chi connectivity index (χ4n) is 4.59. The fraction of sp³-hybridized carbons (Fsp3) is 0.185. The number of amides is 1. The molecule has 0 spiro atoms.